The summed E-state index contributed by atoms with van der Waals surface area (Å²) in [4.78, 5) is 0. The van der Waals surface area contributed by atoms with Crippen molar-refractivity contribution in [1.29, 1.82) is 5.26 Å². The molecule has 92 valence electrons. The Kier molecular flexibility index (Phi) is 4.40. The Labute approximate surface area is 97.7 Å². The number of rotatable bonds is 5. The molecule has 0 amide bonds. The maximum absolute atomic E-state index is 13.5. The highest BCUT2D eigenvalue weighted by molar-refractivity contribution is 5.50. The average molecular weight is 240 g/mol. The van der Waals surface area contributed by atoms with Crippen molar-refractivity contribution in [3.63, 3.8) is 0 Å². The molecule has 6 heteroatoms. The number of hydrogen-bond donors (Lipinski definition) is 4. The van der Waals surface area contributed by atoms with Crippen LogP contribution in [0.1, 0.15) is 5.56 Å². The van der Waals surface area contributed by atoms with Gasteiger partial charge in [-0.15, -0.1) is 0 Å². The van der Waals surface area contributed by atoms with Gasteiger partial charge in [-0.05, 0) is 18.2 Å². The summed E-state index contributed by atoms with van der Waals surface area (Å²) >= 11 is 0. The van der Waals surface area contributed by atoms with Gasteiger partial charge in [-0.3, -0.25) is 0 Å². The van der Waals surface area contributed by atoms with Gasteiger partial charge in [0, 0.05) is 0 Å². The molecule has 5 nitrogen and oxygen atoms in total. The van der Waals surface area contributed by atoms with Crippen molar-refractivity contribution in [2.45, 2.75) is 5.54 Å². The van der Waals surface area contributed by atoms with Gasteiger partial charge in [-0.2, -0.15) is 5.26 Å². The summed E-state index contributed by atoms with van der Waals surface area (Å²) < 4.78 is 13.5. The molecule has 0 aliphatic carbocycles. The summed E-state index contributed by atoms with van der Waals surface area (Å²) in [5.74, 6) is -0.691. The normalized spacial score (nSPS) is 11.0. The number of aliphatic hydroxyl groups excluding tert-OH is 3. The van der Waals surface area contributed by atoms with E-state index in [1.165, 1.54) is 12.1 Å². The van der Waals surface area contributed by atoms with E-state index in [0.29, 0.717) is 0 Å². The Morgan fingerprint density at radius 1 is 1.24 bits per heavy atom. The largest absolute Gasteiger partial charge is 0.394 e. The number of nitriles is 1. The van der Waals surface area contributed by atoms with Crippen molar-refractivity contribution < 1.29 is 19.7 Å². The van der Waals surface area contributed by atoms with Crippen LogP contribution in [0.4, 0.5) is 10.1 Å². The van der Waals surface area contributed by atoms with E-state index >= 15 is 0 Å². The molecular formula is C11H13FN2O3. The Bertz CT molecular complexity index is 419. The Morgan fingerprint density at radius 2 is 1.82 bits per heavy atom. The molecule has 0 heterocycles. The van der Waals surface area contributed by atoms with Crippen molar-refractivity contribution >= 4 is 5.69 Å². The van der Waals surface area contributed by atoms with E-state index in [0.717, 1.165) is 6.07 Å². The number of halogens is 1. The van der Waals surface area contributed by atoms with Crippen LogP contribution >= 0.6 is 0 Å². The smallest absolute Gasteiger partial charge is 0.147 e. The summed E-state index contributed by atoms with van der Waals surface area (Å²) in [5, 5.41) is 38.3. The molecule has 1 aromatic rings. The van der Waals surface area contributed by atoms with Crippen LogP contribution in [-0.4, -0.2) is 40.7 Å². The minimum absolute atomic E-state index is 0.00106. The Balaban J connectivity index is 2.99. The molecule has 0 aromatic heterocycles. The second-order valence-corrected chi connectivity index (χ2v) is 3.69. The van der Waals surface area contributed by atoms with Crippen LogP contribution in [0, 0.1) is 17.1 Å². The summed E-state index contributed by atoms with van der Waals surface area (Å²) in [6.45, 7) is -1.67. The number of nitrogens with zero attached hydrogens (tertiary/aromatic N) is 1. The van der Waals surface area contributed by atoms with Gasteiger partial charge in [-0.25, -0.2) is 4.39 Å². The number of anilines is 1. The van der Waals surface area contributed by atoms with Gasteiger partial charge in [0.25, 0.3) is 0 Å². The molecule has 0 bridgehead atoms. The molecule has 0 atom stereocenters. The van der Waals surface area contributed by atoms with Crippen LogP contribution in [0.25, 0.3) is 0 Å². The topological polar surface area (TPSA) is 96.5 Å². The van der Waals surface area contributed by atoms with E-state index in [-0.39, 0.29) is 11.3 Å². The highest BCUT2D eigenvalue weighted by Crippen LogP contribution is 2.20. The second kappa shape index (κ2) is 5.59. The van der Waals surface area contributed by atoms with E-state index < -0.39 is 31.2 Å². The lowest BCUT2D eigenvalue weighted by Crippen LogP contribution is -2.49. The van der Waals surface area contributed by atoms with Gasteiger partial charge in [0.2, 0.25) is 0 Å². The maximum atomic E-state index is 13.5. The lowest BCUT2D eigenvalue weighted by molar-refractivity contribution is 0.0831. The molecule has 0 saturated heterocycles. The van der Waals surface area contributed by atoms with Crippen molar-refractivity contribution in [3.05, 3.63) is 29.6 Å². The molecule has 17 heavy (non-hydrogen) atoms. The van der Waals surface area contributed by atoms with Gasteiger partial charge in [-0.1, -0.05) is 0 Å². The second-order valence-electron chi connectivity index (χ2n) is 3.69. The molecule has 1 aromatic carbocycles. The predicted octanol–water partition coefficient (Wildman–Crippen LogP) is -0.175. The van der Waals surface area contributed by atoms with Gasteiger partial charge >= 0.3 is 0 Å². The van der Waals surface area contributed by atoms with Gasteiger partial charge < -0.3 is 20.6 Å². The van der Waals surface area contributed by atoms with Crippen molar-refractivity contribution in [2.75, 3.05) is 25.1 Å². The average Bonchev–Trinajstić information content (AvgIpc) is 2.38. The first-order valence-electron chi connectivity index (χ1n) is 4.91. The van der Waals surface area contributed by atoms with Gasteiger partial charge in [0.15, 0.2) is 0 Å². The molecule has 0 fully saturated rings. The third-order valence-corrected chi connectivity index (χ3v) is 2.41. The highest BCUT2D eigenvalue weighted by Gasteiger charge is 2.28. The van der Waals surface area contributed by atoms with E-state index in [2.05, 4.69) is 5.32 Å². The summed E-state index contributed by atoms with van der Waals surface area (Å²) in [6, 6.07) is 5.51. The van der Waals surface area contributed by atoms with Crippen LogP contribution < -0.4 is 5.32 Å². The molecule has 0 radical (unpaired) electrons. The van der Waals surface area contributed by atoms with Crippen LogP contribution in [0.15, 0.2) is 18.2 Å². The number of hydrogen-bond acceptors (Lipinski definition) is 5. The van der Waals surface area contributed by atoms with Crippen LogP contribution in [-0.2, 0) is 0 Å². The van der Waals surface area contributed by atoms with Crippen LogP contribution in [0.5, 0.6) is 0 Å². The zero-order valence-corrected chi connectivity index (χ0v) is 9.02. The third kappa shape index (κ3) is 2.91. The van der Waals surface area contributed by atoms with E-state index in [1.54, 1.807) is 6.07 Å². The zero-order chi connectivity index (χ0) is 12.9. The van der Waals surface area contributed by atoms with Crippen molar-refractivity contribution in [2.24, 2.45) is 0 Å². The summed E-state index contributed by atoms with van der Waals surface area (Å²) in [6.07, 6.45) is 0. The molecule has 0 aliphatic heterocycles. The lowest BCUT2D eigenvalue weighted by Gasteiger charge is -2.30. The fourth-order valence-corrected chi connectivity index (χ4v) is 1.24. The quantitative estimate of drug-likeness (QED) is 0.572. The standard InChI is InChI=1S/C11H13FN2O3/c12-9-3-8(4-13)1-2-10(9)14-11(5-15,6-16)7-17/h1-3,14-17H,5-7H2. The monoisotopic (exact) mass is 240 g/mol. The molecule has 1 rings (SSSR count). The highest BCUT2D eigenvalue weighted by atomic mass is 19.1. The van der Waals surface area contributed by atoms with E-state index in [9.17, 15) is 4.39 Å². The molecule has 0 aliphatic rings. The fraction of sp³-hybridized carbons (Fsp3) is 0.364. The maximum Gasteiger partial charge on any atom is 0.147 e. The number of aliphatic hydroxyl groups is 3. The number of benzene rings is 1. The Morgan fingerprint density at radius 3 is 2.24 bits per heavy atom. The van der Waals surface area contributed by atoms with E-state index in [4.69, 9.17) is 20.6 Å². The first-order chi connectivity index (χ1) is 8.10. The molecule has 0 saturated carbocycles. The molecule has 0 spiro atoms. The zero-order valence-electron chi connectivity index (χ0n) is 9.02. The van der Waals surface area contributed by atoms with Crippen molar-refractivity contribution in [1.82, 2.24) is 0 Å². The minimum Gasteiger partial charge on any atom is -0.394 e. The summed E-state index contributed by atoms with van der Waals surface area (Å²) in [5.41, 5.74) is -1.23. The van der Waals surface area contributed by atoms with Crippen molar-refractivity contribution in [3.8, 4) is 6.07 Å². The SMILES string of the molecule is N#Cc1ccc(NC(CO)(CO)CO)c(F)c1. The molecular weight excluding hydrogens is 227 g/mol. The van der Waals surface area contributed by atoms with E-state index in [1.807, 2.05) is 0 Å². The minimum atomic E-state index is -1.39. The lowest BCUT2D eigenvalue weighted by atomic mass is 10.0. The molecule has 4 N–H and O–H groups in total. The predicted molar refractivity (Wildman–Crippen MR) is 58.7 cm³/mol. The first-order valence-corrected chi connectivity index (χ1v) is 4.91. The fourth-order valence-electron chi connectivity index (χ4n) is 1.24. The van der Waals surface area contributed by atoms with Gasteiger partial charge in [0.05, 0.1) is 37.1 Å². The third-order valence-electron chi connectivity index (χ3n) is 2.41. The van der Waals surface area contributed by atoms with Crippen LogP contribution in [0.2, 0.25) is 0 Å². The number of nitrogens with one attached hydrogen (secondary N) is 1. The van der Waals surface area contributed by atoms with Gasteiger partial charge in [0.1, 0.15) is 11.4 Å². The van der Waals surface area contributed by atoms with Crippen LogP contribution in [0.3, 0.4) is 0 Å². The Hall–Kier alpha value is -1.68. The first kappa shape index (κ1) is 13.4. The summed E-state index contributed by atoms with van der Waals surface area (Å²) in [7, 11) is 0. The molecule has 0 unspecified atom stereocenters.